The summed E-state index contributed by atoms with van der Waals surface area (Å²) in [6.45, 7) is 7.46. The van der Waals surface area contributed by atoms with Crippen molar-refractivity contribution in [1.29, 1.82) is 0 Å². The third kappa shape index (κ3) is 2.66. The molecule has 0 radical (unpaired) electrons. The second-order valence-corrected chi connectivity index (χ2v) is 6.71. The maximum Gasteiger partial charge on any atom is 0.312 e. The second-order valence-electron chi connectivity index (χ2n) is 5.63. The van der Waals surface area contributed by atoms with Gasteiger partial charge in [-0.1, -0.05) is 20.8 Å². The van der Waals surface area contributed by atoms with Crippen molar-refractivity contribution in [3.05, 3.63) is 10.6 Å². The summed E-state index contributed by atoms with van der Waals surface area (Å²) in [6, 6.07) is 0. The Labute approximate surface area is 111 Å². The lowest BCUT2D eigenvalue weighted by Crippen LogP contribution is -2.22. The highest BCUT2D eigenvalue weighted by Crippen LogP contribution is 2.38. The molecule has 2 rings (SSSR count). The van der Waals surface area contributed by atoms with E-state index in [-0.39, 0.29) is 5.41 Å². The number of hydrogen-bond donors (Lipinski definition) is 2. The minimum absolute atomic E-state index is 0.238. The fraction of sp³-hybridized carbons (Fsp3) is 0.692. The minimum Gasteiger partial charge on any atom is -0.481 e. The molecule has 0 aromatic carbocycles. The van der Waals surface area contributed by atoms with Gasteiger partial charge in [-0.05, 0) is 24.7 Å². The van der Waals surface area contributed by atoms with E-state index in [1.54, 1.807) is 11.3 Å². The third-order valence-electron chi connectivity index (χ3n) is 3.69. The zero-order chi connectivity index (χ0) is 13.3. The Morgan fingerprint density at radius 3 is 2.94 bits per heavy atom. The van der Waals surface area contributed by atoms with E-state index in [9.17, 15) is 4.79 Å². The molecule has 1 heterocycles. The Morgan fingerprint density at radius 1 is 1.61 bits per heavy atom. The Bertz CT molecular complexity index is 454. The molecule has 1 aliphatic rings. The number of hydrogen-bond acceptors (Lipinski definition) is 4. The first-order valence-corrected chi connectivity index (χ1v) is 7.21. The van der Waals surface area contributed by atoms with E-state index in [2.05, 4.69) is 31.1 Å². The number of thiazole rings is 1. The maximum atomic E-state index is 11.1. The van der Waals surface area contributed by atoms with E-state index < -0.39 is 11.9 Å². The summed E-state index contributed by atoms with van der Waals surface area (Å²) in [5.41, 5.74) is 1.02. The Kier molecular flexibility index (Phi) is 3.61. The summed E-state index contributed by atoms with van der Waals surface area (Å²) in [4.78, 5) is 16.7. The van der Waals surface area contributed by atoms with E-state index in [0.717, 1.165) is 35.1 Å². The van der Waals surface area contributed by atoms with Gasteiger partial charge in [0.15, 0.2) is 5.13 Å². The summed E-state index contributed by atoms with van der Waals surface area (Å²) in [7, 11) is 0. The smallest absolute Gasteiger partial charge is 0.312 e. The summed E-state index contributed by atoms with van der Waals surface area (Å²) in [5.74, 6) is -1.15. The molecule has 18 heavy (non-hydrogen) atoms. The Hall–Kier alpha value is -1.10. The van der Waals surface area contributed by atoms with Crippen LogP contribution in [0, 0.1) is 5.41 Å². The number of aliphatic carboxylic acids is 1. The van der Waals surface area contributed by atoms with Crippen molar-refractivity contribution >= 4 is 22.4 Å². The van der Waals surface area contributed by atoms with Crippen molar-refractivity contribution in [2.45, 2.75) is 46.0 Å². The van der Waals surface area contributed by atoms with Crippen molar-refractivity contribution < 1.29 is 9.90 Å². The number of rotatable bonds is 5. The molecule has 0 bridgehead atoms. The van der Waals surface area contributed by atoms with Crippen LogP contribution in [0.25, 0.3) is 0 Å². The number of carboxylic acids is 1. The summed E-state index contributed by atoms with van der Waals surface area (Å²) in [5, 5.41) is 13.3. The lowest BCUT2D eigenvalue weighted by Gasteiger charge is -2.22. The molecule has 1 aliphatic carbocycles. The van der Waals surface area contributed by atoms with E-state index in [0.29, 0.717) is 6.42 Å². The van der Waals surface area contributed by atoms with Crippen LogP contribution in [-0.2, 0) is 11.2 Å². The van der Waals surface area contributed by atoms with Gasteiger partial charge in [0.1, 0.15) is 5.92 Å². The van der Waals surface area contributed by atoms with Crippen molar-refractivity contribution in [2.75, 3.05) is 11.9 Å². The molecular formula is C13H20N2O2S. The van der Waals surface area contributed by atoms with Crippen LogP contribution in [0.2, 0.25) is 0 Å². The molecule has 0 aliphatic heterocycles. The standard InChI is InChI=1S/C13H20N2O2S/c1-4-13(2,3)7-14-12-15-10-8(11(16)17)5-6-9(10)18-12/h8H,4-7H2,1-3H3,(H,14,15)(H,16,17). The first kappa shape index (κ1) is 13.3. The quantitative estimate of drug-likeness (QED) is 0.861. The highest BCUT2D eigenvalue weighted by molar-refractivity contribution is 7.15. The molecule has 4 nitrogen and oxygen atoms in total. The number of anilines is 1. The van der Waals surface area contributed by atoms with Gasteiger partial charge in [-0.15, -0.1) is 11.3 Å². The molecule has 100 valence electrons. The first-order valence-electron chi connectivity index (χ1n) is 6.39. The monoisotopic (exact) mass is 268 g/mol. The first-order chi connectivity index (χ1) is 8.43. The van der Waals surface area contributed by atoms with Crippen LogP contribution < -0.4 is 5.32 Å². The normalized spacial score (nSPS) is 18.7. The Morgan fingerprint density at radius 2 is 2.33 bits per heavy atom. The minimum atomic E-state index is -0.750. The zero-order valence-electron chi connectivity index (χ0n) is 11.1. The van der Waals surface area contributed by atoms with Crippen LogP contribution in [-0.4, -0.2) is 22.6 Å². The van der Waals surface area contributed by atoms with Crippen molar-refractivity contribution in [1.82, 2.24) is 4.98 Å². The van der Waals surface area contributed by atoms with Crippen LogP contribution >= 0.6 is 11.3 Å². The summed E-state index contributed by atoms with van der Waals surface area (Å²) >= 11 is 1.61. The van der Waals surface area contributed by atoms with Gasteiger partial charge in [0.25, 0.3) is 0 Å². The number of nitrogens with one attached hydrogen (secondary N) is 1. The van der Waals surface area contributed by atoms with E-state index in [4.69, 9.17) is 5.11 Å². The van der Waals surface area contributed by atoms with Crippen molar-refractivity contribution in [2.24, 2.45) is 5.41 Å². The highest BCUT2D eigenvalue weighted by atomic mass is 32.1. The van der Waals surface area contributed by atoms with Crippen LogP contribution in [0.4, 0.5) is 5.13 Å². The SMILES string of the molecule is CCC(C)(C)CNc1nc2c(s1)CCC2C(=O)O. The number of carboxylic acid groups (broad SMARTS) is 1. The largest absolute Gasteiger partial charge is 0.481 e. The lowest BCUT2D eigenvalue weighted by molar-refractivity contribution is -0.138. The Balaban J connectivity index is 2.05. The van der Waals surface area contributed by atoms with Crippen molar-refractivity contribution in [3.8, 4) is 0 Å². The van der Waals surface area contributed by atoms with Gasteiger partial charge in [0.2, 0.25) is 0 Å². The average molecular weight is 268 g/mol. The van der Waals surface area contributed by atoms with Gasteiger partial charge in [0, 0.05) is 11.4 Å². The second kappa shape index (κ2) is 4.88. The maximum absolute atomic E-state index is 11.1. The predicted octanol–water partition coefficient (Wildman–Crippen LogP) is 3.11. The molecule has 0 fully saturated rings. The third-order valence-corrected chi connectivity index (χ3v) is 4.78. The van der Waals surface area contributed by atoms with Crippen LogP contribution in [0.15, 0.2) is 0 Å². The van der Waals surface area contributed by atoms with Gasteiger partial charge in [-0.2, -0.15) is 0 Å². The summed E-state index contributed by atoms with van der Waals surface area (Å²) in [6.07, 6.45) is 2.65. The molecule has 5 heteroatoms. The number of aryl methyl sites for hydroxylation is 1. The fourth-order valence-electron chi connectivity index (χ4n) is 1.98. The molecule has 1 atom stereocenters. The lowest BCUT2D eigenvalue weighted by atomic mass is 9.90. The molecule has 2 N–H and O–H groups in total. The number of nitrogens with zero attached hydrogens (tertiary/aromatic N) is 1. The van der Waals surface area contributed by atoms with Gasteiger partial charge in [-0.3, -0.25) is 4.79 Å². The van der Waals surface area contributed by atoms with E-state index in [1.807, 2.05) is 0 Å². The van der Waals surface area contributed by atoms with Gasteiger partial charge >= 0.3 is 5.97 Å². The summed E-state index contributed by atoms with van der Waals surface area (Å²) < 4.78 is 0. The molecule has 0 saturated heterocycles. The average Bonchev–Trinajstić information content (AvgIpc) is 2.85. The number of fused-ring (bicyclic) bond motifs is 1. The molecule has 0 amide bonds. The fourth-order valence-corrected chi connectivity index (χ4v) is 3.02. The molecule has 1 unspecified atom stereocenters. The number of aromatic nitrogens is 1. The molecule has 0 saturated carbocycles. The predicted molar refractivity (Wildman–Crippen MR) is 73.4 cm³/mol. The van der Waals surface area contributed by atoms with Crippen LogP contribution in [0.1, 0.15) is 50.1 Å². The zero-order valence-corrected chi connectivity index (χ0v) is 11.9. The highest BCUT2D eigenvalue weighted by Gasteiger charge is 2.32. The molecular weight excluding hydrogens is 248 g/mol. The van der Waals surface area contributed by atoms with Crippen LogP contribution in [0.3, 0.4) is 0 Å². The van der Waals surface area contributed by atoms with Gasteiger partial charge in [-0.25, -0.2) is 4.98 Å². The van der Waals surface area contributed by atoms with Gasteiger partial charge in [0.05, 0.1) is 5.69 Å². The van der Waals surface area contributed by atoms with Gasteiger partial charge < -0.3 is 10.4 Å². The van der Waals surface area contributed by atoms with Crippen molar-refractivity contribution in [3.63, 3.8) is 0 Å². The van der Waals surface area contributed by atoms with E-state index >= 15 is 0 Å². The topological polar surface area (TPSA) is 62.2 Å². The molecule has 1 aromatic rings. The molecule has 0 spiro atoms. The van der Waals surface area contributed by atoms with E-state index in [1.165, 1.54) is 0 Å². The van der Waals surface area contributed by atoms with Crippen LogP contribution in [0.5, 0.6) is 0 Å². The molecule has 1 aromatic heterocycles. The number of carbonyl (C=O) groups is 1.